The Kier molecular flexibility index (Phi) is 7.71. The molecule has 0 spiro atoms. The maximum Gasteiger partial charge on any atom is 0.325 e. The van der Waals surface area contributed by atoms with Crippen molar-refractivity contribution < 1.29 is 50.6 Å². The Morgan fingerprint density at radius 2 is 1.64 bits per heavy atom. The quantitative estimate of drug-likeness (QED) is 0.246. The smallest absolute Gasteiger partial charge is 0.325 e. The number of aromatic nitrogens is 5. The van der Waals surface area contributed by atoms with Crippen LogP contribution < -0.4 is 11.5 Å². The van der Waals surface area contributed by atoms with E-state index in [9.17, 15) is 14.3 Å². The van der Waals surface area contributed by atoms with E-state index in [4.69, 9.17) is 50.8 Å². The lowest BCUT2D eigenvalue weighted by Crippen LogP contribution is -2.37. The number of rotatable bonds is 2. The molecule has 23 heteroatoms. The van der Waals surface area contributed by atoms with E-state index in [1.807, 2.05) is 0 Å². The number of anilines is 1. The van der Waals surface area contributed by atoms with Crippen LogP contribution in [0, 0.1) is 0 Å². The van der Waals surface area contributed by atoms with E-state index >= 15 is 8.78 Å². The zero-order valence-electron chi connectivity index (χ0n) is 22.2. The first-order valence-electron chi connectivity index (χ1n) is 13.0. The van der Waals surface area contributed by atoms with Gasteiger partial charge in [-0.1, -0.05) is 0 Å². The van der Waals surface area contributed by atoms with E-state index in [-0.39, 0.29) is 29.4 Å². The van der Waals surface area contributed by atoms with Crippen molar-refractivity contribution in [2.75, 3.05) is 18.9 Å². The molecule has 3 fully saturated rings. The fourth-order valence-corrected chi connectivity index (χ4v) is 7.60. The number of hydrogen-bond donors (Lipinski definition) is 3. The van der Waals surface area contributed by atoms with Gasteiger partial charge >= 0.3 is 6.72 Å². The molecule has 10 atom stereocenters. The normalized spacial score (nSPS) is 39.0. The first-order valence-corrected chi connectivity index (χ1v) is 16.7. The number of aliphatic imine (C=N–C) groups is 1. The maximum absolute atomic E-state index is 16.1. The summed E-state index contributed by atoms with van der Waals surface area (Å²) in [7, 11) is -5.12. The summed E-state index contributed by atoms with van der Waals surface area (Å²) in [6, 6.07) is 1.54. The maximum atomic E-state index is 16.1. The molecule has 0 saturated carbocycles. The van der Waals surface area contributed by atoms with Gasteiger partial charge in [0.2, 0.25) is 0 Å². The number of ketones is 1. The van der Waals surface area contributed by atoms with Crippen molar-refractivity contribution in [3.63, 3.8) is 0 Å². The van der Waals surface area contributed by atoms with Crippen LogP contribution in [0.3, 0.4) is 0 Å². The highest BCUT2D eigenvalue weighted by molar-refractivity contribution is 8.07. The third kappa shape index (κ3) is 5.54. The second-order valence-electron chi connectivity index (χ2n) is 10.2. The molecule has 0 aromatic carbocycles. The van der Waals surface area contributed by atoms with Crippen LogP contribution in [0.15, 0.2) is 29.9 Å². The first kappa shape index (κ1) is 30.9. The molecule has 7 heterocycles. The monoisotopic (exact) mass is 689 g/mol. The van der Waals surface area contributed by atoms with Gasteiger partial charge in [-0.05, 0) is 17.9 Å². The van der Waals surface area contributed by atoms with Crippen LogP contribution in [0.25, 0.3) is 11.2 Å². The number of Topliss-reactive ketones (excluding diaryl/α,β-unsaturated/α-hetero) is 1. The van der Waals surface area contributed by atoms with Crippen LogP contribution in [-0.4, -0.2) is 98.1 Å². The number of ether oxygens (including phenoxy) is 2. The Labute approximate surface area is 258 Å². The molecular weight excluding hydrogens is 663 g/mol. The molecule has 0 aliphatic carbocycles. The van der Waals surface area contributed by atoms with Crippen LogP contribution in [0.5, 0.6) is 0 Å². The number of nitrogen functional groups attached to an aromatic ring is 1. The molecule has 17 nitrogen and oxygen atoms in total. The third-order valence-electron chi connectivity index (χ3n) is 7.41. The Morgan fingerprint density at radius 3 is 2.38 bits per heavy atom. The average Bonchev–Trinajstić information content (AvgIpc) is 3.72. The zero-order valence-corrected chi connectivity index (χ0v) is 24.8. The predicted octanol–water partition coefficient (Wildman–Crippen LogP) is 0.464. The fourth-order valence-electron chi connectivity index (χ4n) is 5.38. The predicted molar refractivity (Wildman–Crippen MR) is 158 cm³/mol. The minimum Gasteiger partial charge on any atom is -0.397 e. The molecule has 7 rings (SSSR count). The van der Waals surface area contributed by atoms with Crippen LogP contribution in [-0.2, 0) is 43.9 Å². The Morgan fingerprint density at radius 1 is 1.00 bits per heavy atom. The number of nitrogens with two attached hydrogens (primary N) is 2. The molecule has 4 aliphatic heterocycles. The van der Waals surface area contributed by atoms with Crippen molar-refractivity contribution in [3.05, 3.63) is 30.6 Å². The molecule has 3 saturated heterocycles. The second kappa shape index (κ2) is 11.2. The summed E-state index contributed by atoms with van der Waals surface area (Å²) in [4.78, 5) is 39.9. The largest absolute Gasteiger partial charge is 0.397 e. The summed E-state index contributed by atoms with van der Waals surface area (Å²) < 4.78 is 82.5. The van der Waals surface area contributed by atoms with Gasteiger partial charge < -0.3 is 44.0 Å². The lowest BCUT2D eigenvalue weighted by Gasteiger charge is -2.31. The van der Waals surface area contributed by atoms with E-state index in [2.05, 4.69) is 19.9 Å². The summed E-state index contributed by atoms with van der Waals surface area (Å²) >= 11 is 5.18. The van der Waals surface area contributed by atoms with Crippen molar-refractivity contribution in [2.24, 2.45) is 10.7 Å². The van der Waals surface area contributed by atoms with Gasteiger partial charge in [-0.15, -0.1) is 0 Å². The van der Waals surface area contributed by atoms with E-state index < -0.39 is 90.0 Å². The van der Waals surface area contributed by atoms with Crippen LogP contribution in [0.2, 0.25) is 0 Å². The van der Waals surface area contributed by atoms with Crippen molar-refractivity contribution >= 4 is 67.9 Å². The number of nitrogens with zero attached hydrogens (tertiary/aromatic N) is 6. The number of carbonyl (C=O) groups excluding carboxylic acids is 1. The highest BCUT2D eigenvalue weighted by atomic mass is 32.5. The molecule has 45 heavy (non-hydrogen) atoms. The molecule has 0 amide bonds. The summed E-state index contributed by atoms with van der Waals surface area (Å²) in [5.41, 5.74) is 12.6. The molecule has 5 N–H and O–H groups in total. The van der Waals surface area contributed by atoms with Gasteiger partial charge in [-0.2, -0.15) is 0 Å². The van der Waals surface area contributed by atoms with Gasteiger partial charge in [-0.3, -0.25) is 18.5 Å². The molecule has 0 bridgehead atoms. The molecule has 242 valence electrons. The molecule has 3 aromatic heterocycles. The highest BCUT2D eigenvalue weighted by Gasteiger charge is 2.53. The number of halogens is 2. The number of alkyl halides is 2. The SMILES string of the molecule is [BH3-]P1(=O)OCC2O[C@@H](n3cnc4c(N)ccnc43)[C@H](F)[C@@H]2OP(O)(=S)OC[C@H]2O[C@@H](n3cnc4c3N=C(N)CC4=O)[C@H](F)[C@@H]2O1. The standard InChI is InChI=1S/C22H26BF2N8O9P2S/c23-43(35)37-4-10-18(14(25)21(39-10)32-6-29-15-8(26)1-2-28-19(15)32)42-44(36,45)38-5-11-17(41-43)13(24)22(40-11)33-7-30-16-9(34)3-12(27)31-20(16)33/h1-2,6-7,10-11,13-14,17-18,21-22H,3-5H2,23H3,(H2,26,28)(H2,27,31)(H,36,45)/q-1/t10?,11-,13-,14-,17-,18-,21-,22-,43?,44?/m1/s1. The van der Waals surface area contributed by atoms with Crippen molar-refractivity contribution in [1.82, 2.24) is 24.1 Å². The Bertz CT molecular complexity index is 1820. The van der Waals surface area contributed by atoms with Gasteiger partial charge in [0.15, 0.2) is 47.7 Å². The fraction of sp³-hybridized carbons (Fsp3) is 0.500. The Balaban J connectivity index is 1.16. The Hall–Kier alpha value is -2.71. The van der Waals surface area contributed by atoms with E-state index in [1.54, 1.807) is 0 Å². The van der Waals surface area contributed by atoms with Crippen LogP contribution >= 0.6 is 14.2 Å². The molecule has 3 unspecified atom stereocenters. The number of hydrogen-bond acceptors (Lipinski definition) is 15. The topological polar surface area (TPSA) is 223 Å². The zero-order chi connectivity index (χ0) is 31.8. The van der Waals surface area contributed by atoms with Crippen molar-refractivity contribution in [2.45, 2.75) is 55.6 Å². The lowest BCUT2D eigenvalue weighted by molar-refractivity contribution is -0.0568. The molecule has 4 aliphatic rings. The second-order valence-corrected chi connectivity index (χ2v) is 13.9. The summed E-state index contributed by atoms with van der Waals surface area (Å²) in [6.45, 7) is -5.34. The van der Waals surface area contributed by atoms with E-state index in [0.29, 0.717) is 11.2 Å². The summed E-state index contributed by atoms with van der Waals surface area (Å²) in [5, 5.41) is 0. The number of pyridine rings is 1. The molecule has 0 radical (unpaired) electrons. The molecular formula is C22H26BF2N8O9P2S-. The summed E-state index contributed by atoms with van der Waals surface area (Å²) in [6.07, 6.45) is -8.64. The van der Waals surface area contributed by atoms with E-state index in [1.165, 1.54) is 34.1 Å². The lowest BCUT2D eigenvalue weighted by atomic mass is 10.1. The number of amidine groups is 1. The van der Waals surface area contributed by atoms with Gasteiger partial charge in [0.25, 0.3) is 0 Å². The van der Waals surface area contributed by atoms with E-state index in [0.717, 1.165) is 0 Å². The number of carbonyl (C=O) groups is 1. The third-order valence-corrected chi connectivity index (χ3v) is 9.74. The van der Waals surface area contributed by atoms with Gasteiger partial charge in [0.05, 0.1) is 45.5 Å². The highest BCUT2D eigenvalue weighted by Crippen LogP contribution is 2.54. The van der Waals surface area contributed by atoms with Crippen LogP contribution in [0.4, 0.5) is 20.3 Å². The minimum absolute atomic E-state index is 0.0110. The minimum atomic E-state index is -4.24. The number of fused-ring (bicyclic) bond motifs is 4. The number of imidazole rings is 2. The summed E-state index contributed by atoms with van der Waals surface area (Å²) in [5.74, 6) is -0.407. The van der Waals surface area contributed by atoms with Crippen molar-refractivity contribution in [3.8, 4) is 0 Å². The van der Waals surface area contributed by atoms with Gasteiger partial charge in [0.1, 0.15) is 43.2 Å². The average molecular weight is 689 g/mol. The first-order chi connectivity index (χ1) is 21.3. The van der Waals surface area contributed by atoms with Gasteiger partial charge in [0, 0.05) is 6.20 Å². The van der Waals surface area contributed by atoms with Gasteiger partial charge in [-0.25, -0.2) is 28.7 Å². The molecule has 3 aromatic rings. The van der Waals surface area contributed by atoms with Crippen molar-refractivity contribution in [1.29, 1.82) is 0 Å². The van der Waals surface area contributed by atoms with Crippen LogP contribution in [0.1, 0.15) is 29.4 Å².